The van der Waals surface area contributed by atoms with Gasteiger partial charge >= 0.3 is 0 Å². The van der Waals surface area contributed by atoms with Gasteiger partial charge in [0.15, 0.2) is 11.6 Å². The molecule has 2 heterocycles. The van der Waals surface area contributed by atoms with Crippen molar-refractivity contribution in [1.82, 2.24) is 15.1 Å². The first-order chi connectivity index (χ1) is 13.6. The molecule has 0 spiro atoms. The lowest BCUT2D eigenvalue weighted by molar-refractivity contribution is -0.131. The molecule has 1 fully saturated rings. The number of anilines is 1. The number of piperazine rings is 1. The van der Waals surface area contributed by atoms with E-state index in [1.165, 1.54) is 5.56 Å². The fourth-order valence-electron chi connectivity index (χ4n) is 3.82. The Morgan fingerprint density at radius 1 is 0.964 bits per heavy atom. The maximum absolute atomic E-state index is 12.5. The van der Waals surface area contributed by atoms with E-state index in [4.69, 9.17) is 11.6 Å². The predicted octanol–water partition coefficient (Wildman–Crippen LogP) is 2.93. The lowest BCUT2D eigenvalue weighted by atomic mass is 10.1. The van der Waals surface area contributed by atoms with Gasteiger partial charge in [-0.25, -0.2) is 0 Å². The van der Waals surface area contributed by atoms with E-state index in [2.05, 4.69) is 21.2 Å². The molecule has 146 valence electrons. The number of aromatic nitrogens is 2. The number of halogens is 1. The highest BCUT2D eigenvalue weighted by Gasteiger charge is 2.24. The molecule has 1 aliphatic carbocycles. The van der Waals surface area contributed by atoms with Crippen molar-refractivity contribution in [2.75, 3.05) is 31.1 Å². The first-order valence-corrected chi connectivity index (χ1v) is 10.1. The van der Waals surface area contributed by atoms with Crippen molar-refractivity contribution in [1.29, 1.82) is 0 Å². The smallest absolute Gasteiger partial charge is 0.223 e. The summed E-state index contributed by atoms with van der Waals surface area (Å²) >= 11 is 5.84. The number of carbonyl (C=O) groups excluding carboxylic acids is 2. The number of Topliss-reactive ketones (excluding diaryl/α,β-unsaturated/α-hetero) is 1. The van der Waals surface area contributed by atoms with E-state index in [1.807, 2.05) is 4.90 Å². The summed E-state index contributed by atoms with van der Waals surface area (Å²) in [4.78, 5) is 28.8. The molecule has 1 aromatic heterocycles. The minimum atomic E-state index is -0.0305. The topological polar surface area (TPSA) is 66.4 Å². The Labute approximate surface area is 169 Å². The standard InChI is InChI=1S/C21H23ClN4O2/c22-17-6-4-15(5-7-17)19(27)8-9-21(28)26-12-10-25(11-13-26)20-14-16-2-1-3-18(16)23-24-20/h4-7,14H,1-3,8-13H2. The van der Waals surface area contributed by atoms with Crippen LogP contribution in [-0.4, -0.2) is 53.0 Å². The van der Waals surface area contributed by atoms with Gasteiger partial charge in [0.2, 0.25) is 5.91 Å². The zero-order valence-electron chi connectivity index (χ0n) is 15.7. The molecule has 0 atom stereocenters. The summed E-state index contributed by atoms with van der Waals surface area (Å²) in [5.41, 5.74) is 3.03. The molecule has 7 heteroatoms. The van der Waals surface area contributed by atoms with E-state index >= 15 is 0 Å². The quantitative estimate of drug-likeness (QED) is 0.724. The Hall–Kier alpha value is -2.47. The minimum Gasteiger partial charge on any atom is -0.352 e. The Balaban J connectivity index is 1.27. The maximum Gasteiger partial charge on any atom is 0.223 e. The van der Waals surface area contributed by atoms with Crippen LogP contribution in [0.25, 0.3) is 0 Å². The van der Waals surface area contributed by atoms with Gasteiger partial charge in [0.05, 0.1) is 5.69 Å². The average molecular weight is 399 g/mol. The molecule has 0 N–H and O–H groups in total. The maximum atomic E-state index is 12.5. The van der Waals surface area contributed by atoms with E-state index in [0.717, 1.165) is 43.9 Å². The number of hydrogen-bond acceptors (Lipinski definition) is 5. The third-order valence-electron chi connectivity index (χ3n) is 5.50. The van der Waals surface area contributed by atoms with Crippen molar-refractivity contribution in [3.05, 3.63) is 52.2 Å². The average Bonchev–Trinajstić information content (AvgIpc) is 3.20. The Kier molecular flexibility index (Phi) is 5.57. The summed E-state index contributed by atoms with van der Waals surface area (Å²) < 4.78 is 0. The lowest BCUT2D eigenvalue weighted by Crippen LogP contribution is -2.49. The molecule has 0 bridgehead atoms. The second-order valence-electron chi connectivity index (χ2n) is 7.33. The normalized spacial score (nSPS) is 16.2. The molecular weight excluding hydrogens is 376 g/mol. The van der Waals surface area contributed by atoms with Crippen LogP contribution in [0.15, 0.2) is 30.3 Å². The second-order valence-corrected chi connectivity index (χ2v) is 7.76. The molecule has 4 rings (SSSR count). The van der Waals surface area contributed by atoms with Crippen LogP contribution in [0, 0.1) is 0 Å². The highest BCUT2D eigenvalue weighted by molar-refractivity contribution is 6.30. The van der Waals surface area contributed by atoms with Gasteiger partial charge in [0.1, 0.15) is 0 Å². The minimum absolute atomic E-state index is 0.0296. The first-order valence-electron chi connectivity index (χ1n) is 9.77. The molecule has 2 aromatic rings. The first kappa shape index (κ1) is 18.9. The molecule has 0 unspecified atom stereocenters. The van der Waals surface area contributed by atoms with Crippen LogP contribution in [0.3, 0.4) is 0 Å². The number of aryl methyl sites for hydroxylation is 2. The van der Waals surface area contributed by atoms with Gasteiger partial charge in [0.25, 0.3) is 0 Å². The summed E-state index contributed by atoms with van der Waals surface area (Å²) in [6.45, 7) is 2.77. The molecule has 1 saturated heterocycles. The number of benzene rings is 1. The molecule has 1 aliphatic heterocycles. The number of hydrogen-bond donors (Lipinski definition) is 0. The summed E-state index contributed by atoms with van der Waals surface area (Å²) in [7, 11) is 0. The van der Waals surface area contributed by atoms with Crippen LogP contribution in [0.4, 0.5) is 5.82 Å². The van der Waals surface area contributed by atoms with Gasteiger partial charge in [-0.1, -0.05) is 11.6 Å². The van der Waals surface area contributed by atoms with Gasteiger partial charge in [-0.15, -0.1) is 5.10 Å². The monoisotopic (exact) mass is 398 g/mol. The lowest BCUT2D eigenvalue weighted by Gasteiger charge is -2.35. The van der Waals surface area contributed by atoms with E-state index < -0.39 is 0 Å². The van der Waals surface area contributed by atoms with Crippen LogP contribution in [0.5, 0.6) is 0 Å². The largest absolute Gasteiger partial charge is 0.352 e. The molecule has 1 amide bonds. The summed E-state index contributed by atoms with van der Waals surface area (Å²) in [6.07, 6.45) is 3.72. The molecule has 2 aliphatic rings. The van der Waals surface area contributed by atoms with Crippen molar-refractivity contribution in [2.24, 2.45) is 0 Å². The third-order valence-corrected chi connectivity index (χ3v) is 5.75. The van der Waals surface area contributed by atoms with Gasteiger partial charge < -0.3 is 9.80 Å². The Morgan fingerprint density at radius 3 is 2.46 bits per heavy atom. The number of rotatable bonds is 5. The zero-order valence-corrected chi connectivity index (χ0v) is 16.5. The predicted molar refractivity (Wildman–Crippen MR) is 108 cm³/mol. The second kappa shape index (κ2) is 8.27. The molecular formula is C21H23ClN4O2. The fraction of sp³-hybridized carbons (Fsp3) is 0.429. The van der Waals surface area contributed by atoms with Gasteiger partial charge in [-0.2, -0.15) is 5.10 Å². The summed E-state index contributed by atoms with van der Waals surface area (Å²) in [5, 5.41) is 9.31. The number of amides is 1. The van der Waals surface area contributed by atoms with Gasteiger partial charge in [-0.3, -0.25) is 9.59 Å². The van der Waals surface area contributed by atoms with E-state index in [-0.39, 0.29) is 24.5 Å². The molecule has 0 radical (unpaired) electrons. The van der Waals surface area contributed by atoms with Crippen molar-refractivity contribution in [2.45, 2.75) is 32.1 Å². The fourth-order valence-corrected chi connectivity index (χ4v) is 3.94. The zero-order chi connectivity index (χ0) is 19.5. The van der Waals surface area contributed by atoms with Gasteiger partial charge in [-0.05, 0) is 55.2 Å². The third kappa shape index (κ3) is 4.17. The summed E-state index contributed by atoms with van der Waals surface area (Å²) in [5.74, 6) is 0.907. The molecule has 6 nitrogen and oxygen atoms in total. The van der Waals surface area contributed by atoms with Crippen LogP contribution in [-0.2, 0) is 17.6 Å². The molecule has 1 aromatic carbocycles. The van der Waals surface area contributed by atoms with Crippen LogP contribution < -0.4 is 4.90 Å². The molecule has 0 saturated carbocycles. The highest BCUT2D eigenvalue weighted by Crippen LogP contribution is 2.23. The molecule has 28 heavy (non-hydrogen) atoms. The number of nitrogens with zero attached hydrogens (tertiary/aromatic N) is 4. The number of ketones is 1. The number of fused-ring (bicyclic) bond motifs is 1. The van der Waals surface area contributed by atoms with Crippen LogP contribution in [0.2, 0.25) is 5.02 Å². The Morgan fingerprint density at radius 2 is 1.71 bits per heavy atom. The van der Waals surface area contributed by atoms with Crippen LogP contribution >= 0.6 is 11.6 Å². The SMILES string of the molecule is O=C(CCC(=O)N1CCN(c2cc3c(nn2)CCC3)CC1)c1ccc(Cl)cc1. The van der Waals surface area contributed by atoms with Gasteiger partial charge in [0, 0.05) is 49.6 Å². The highest BCUT2D eigenvalue weighted by atomic mass is 35.5. The van der Waals surface area contributed by atoms with Crippen molar-refractivity contribution in [3.63, 3.8) is 0 Å². The van der Waals surface area contributed by atoms with Crippen molar-refractivity contribution in [3.8, 4) is 0 Å². The van der Waals surface area contributed by atoms with Crippen LogP contribution in [0.1, 0.15) is 40.9 Å². The van der Waals surface area contributed by atoms with Crippen molar-refractivity contribution < 1.29 is 9.59 Å². The van der Waals surface area contributed by atoms with E-state index in [9.17, 15) is 9.59 Å². The number of carbonyl (C=O) groups is 2. The Bertz CT molecular complexity index is 876. The summed E-state index contributed by atoms with van der Waals surface area (Å²) in [6, 6.07) is 8.93. The van der Waals surface area contributed by atoms with E-state index in [1.54, 1.807) is 24.3 Å². The van der Waals surface area contributed by atoms with E-state index in [0.29, 0.717) is 23.7 Å². The van der Waals surface area contributed by atoms with Crippen molar-refractivity contribution >= 4 is 29.1 Å².